The number of ether oxygens (including phenoxy) is 1. The molecular formula is C24H21N3O3. The van der Waals surface area contributed by atoms with Crippen molar-refractivity contribution in [2.45, 2.75) is 6.92 Å². The maximum Gasteiger partial charge on any atom is 0.338 e. The van der Waals surface area contributed by atoms with Gasteiger partial charge in [0.2, 0.25) is 0 Å². The van der Waals surface area contributed by atoms with Crippen molar-refractivity contribution in [2.75, 3.05) is 23.0 Å². The first kappa shape index (κ1) is 19.3. The van der Waals surface area contributed by atoms with E-state index in [9.17, 15) is 9.59 Å². The molecule has 0 unspecified atom stereocenters. The van der Waals surface area contributed by atoms with Crippen molar-refractivity contribution < 1.29 is 14.3 Å². The van der Waals surface area contributed by atoms with Gasteiger partial charge in [0.25, 0.3) is 5.91 Å². The van der Waals surface area contributed by atoms with Crippen molar-refractivity contribution in [3.63, 3.8) is 0 Å². The molecule has 1 aliphatic rings. The lowest BCUT2D eigenvalue weighted by Crippen LogP contribution is -2.11. The average Bonchev–Trinajstić information content (AvgIpc) is 3.08. The van der Waals surface area contributed by atoms with Crippen LogP contribution in [-0.2, 0) is 9.53 Å². The zero-order valence-corrected chi connectivity index (χ0v) is 16.4. The number of fused-ring (bicyclic) bond motifs is 1. The largest absolute Gasteiger partial charge is 0.462 e. The molecule has 0 aliphatic carbocycles. The monoisotopic (exact) mass is 399 g/mol. The summed E-state index contributed by atoms with van der Waals surface area (Å²) >= 11 is 0. The topological polar surface area (TPSA) is 93.4 Å². The third-order valence-electron chi connectivity index (χ3n) is 4.74. The predicted molar refractivity (Wildman–Crippen MR) is 119 cm³/mol. The molecule has 0 radical (unpaired) electrons. The first-order valence-electron chi connectivity index (χ1n) is 9.62. The summed E-state index contributed by atoms with van der Waals surface area (Å²) in [5.74, 6) is -0.615. The van der Waals surface area contributed by atoms with E-state index in [2.05, 4.69) is 10.6 Å². The molecule has 0 spiro atoms. The van der Waals surface area contributed by atoms with Gasteiger partial charge >= 0.3 is 5.97 Å². The van der Waals surface area contributed by atoms with E-state index < -0.39 is 5.97 Å². The molecule has 4 N–H and O–H groups in total. The van der Waals surface area contributed by atoms with Crippen LogP contribution >= 0.6 is 0 Å². The van der Waals surface area contributed by atoms with Gasteiger partial charge in [-0.3, -0.25) is 4.79 Å². The summed E-state index contributed by atoms with van der Waals surface area (Å²) in [6.07, 6.45) is 0. The molecule has 0 bridgehead atoms. The third kappa shape index (κ3) is 3.75. The van der Waals surface area contributed by atoms with E-state index in [-0.39, 0.29) is 5.91 Å². The fraction of sp³-hybridized carbons (Fsp3) is 0.0833. The van der Waals surface area contributed by atoms with E-state index in [1.165, 1.54) is 0 Å². The standard InChI is InChI=1S/C24H21N3O3/c1-2-30-24(29)16-9-6-10-18(13-16)26-22(15-7-4-3-5-8-15)21-19-14-17(25)11-12-20(19)27-23(21)28/h3-14,26H,2,25H2,1H3,(H,27,28)/b22-21-. The Morgan fingerprint density at radius 1 is 1.00 bits per heavy atom. The number of hydrogen-bond donors (Lipinski definition) is 3. The van der Waals surface area contributed by atoms with Crippen LogP contribution in [0.2, 0.25) is 0 Å². The van der Waals surface area contributed by atoms with Crippen LogP contribution in [0.3, 0.4) is 0 Å². The second-order valence-corrected chi connectivity index (χ2v) is 6.80. The highest BCUT2D eigenvalue weighted by Gasteiger charge is 2.28. The Morgan fingerprint density at radius 3 is 2.53 bits per heavy atom. The highest BCUT2D eigenvalue weighted by Crippen LogP contribution is 2.38. The van der Waals surface area contributed by atoms with Crippen LogP contribution in [0.25, 0.3) is 11.3 Å². The molecule has 150 valence electrons. The molecule has 6 nitrogen and oxygen atoms in total. The number of carbonyl (C=O) groups is 2. The average molecular weight is 399 g/mol. The van der Waals surface area contributed by atoms with Crippen molar-refractivity contribution in [1.29, 1.82) is 0 Å². The predicted octanol–water partition coefficient (Wildman–Crippen LogP) is 4.38. The summed E-state index contributed by atoms with van der Waals surface area (Å²) in [5, 5.41) is 6.23. The molecule has 1 amide bonds. The molecule has 3 aromatic carbocycles. The highest BCUT2D eigenvalue weighted by molar-refractivity contribution is 6.37. The Bertz CT molecular complexity index is 1150. The fourth-order valence-corrected chi connectivity index (χ4v) is 3.40. The Hall–Kier alpha value is -4.06. The van der Waals surface area contributed by atoms with E-state index in [1.54, 1.807) is 43.3 Å². The number of esters is 1. The molecule has 0 aromatic heterocycles. The quantitative estimate of drug-likeness (QED) is 0.336. The van der Waals surface area contributed by atoms with Crippen molar-refractivity contribution in [3.05, 3.63) is 89.5 Å². The first-order chi connectivity index (χ1) is 14.6. The lowest BCUT2D eigenvalue weighted by Gasteiger charge is -2.15. The summed E-state index contributed by atoms with van der Waals surface area (Å²) in [6, 6.07) is 21.9. The van der Waals surface area contributed by atoms with Gasteiger partial charge in [-0.25, -0.2) is 4.79 Å². The Morgan fingerprint density at radius 2 is 1.77 bits per heavy atom. The van der Waals surface area contributed by atoms with Gasteiger partial charge in [-0.05, 0) is 48.9 Å². The van der Waals surface area contributed by atoms with Crippen LogP contribution in [-0.4, -0.2) is 18.5 Å². The van der Waals surface area contributed by atoms with Gasteiger partial charge in [0.1, 0.15) is 0 Å². The Kier molecular flexibility index (Phi) is 5.22. The summed E-state index contributed by atoms with van der Waals surface area (Å²) in [5.41, 5.74) is 11.0. The minimum Gasteiger partial charge on any atom is -0.462 e. The van der Waals surface area contributed by atoms with Crippen LogP contribution in [0.5, 0.6) is 0 Å². The lowest BCUT2D eigenvalue weighted by molar-refractivity contribution is -0.110. The number of benzene rings is 3. The van der Waals surface area contributed by atoms with Gasteiger partial charge in [0.15, 0.2) is 0 Å². The van der Waals surface area contributed by atoms with E-state index >= 15 is 0 Å². The molecule has 0 saturated carbocycles. The van der Waals surface area contributed by atoms with Crippen LogP contribution in [0, 0.1) is 0 Å². The summed E-state index contributed by atoms with van der Waals surface area (Å²) in [6.45, 7) is 2.06. The number of anilines is 3. The number of nitrogens with one attached hydrogen (secondary N) is 2. The molecular weight excluding hydrogens is 378 g/mol. The summed E-state index contributed by atoms with van der Waals surface area (Å²) < 4.78 is 5.09. The van der Waals surface area contributed by atoms with Gasteiger partial charge in [0, 0.05) is 22.6 Å². The molecule has 1 heterocycles. The van der Waals surface area contributed by atoms with Crippen molar-refractivity contribution in [2.24, 2.45) is 0 Å². The van der Waals surface area contributed by atoms with Crippen LogP contribution in [0.1, 0.15) is 28.4 Å². The van der Waals surface area contributed by atoms with Gasteiger partial charge in [0.05, 0.1) is 23.4 Å². The number of rotatable bonds is 5. The fourth-order valence-electron chi connectivity index (χ4n) is 3.40. The molecule has 0 atom stereocenters. The van der Waals surface area contributed by atoms with Gasteiger partial charge < -0.3 is 21.1 Å². The smallest absolute Gasteiger partial charge is 0.338 e. The number of amides is 1. The molecule has 3 aromatic rings. The molecule has 0 fully saturated rings. The zero-order valence-electron chi connectivity index (χ0n) is 16.4. The van der Waals surface area contributed by atoms with Crippen LogP contribution < -0.4 is 16.4 Å². The van der Waals surface area contributed by atoms with Crippen LogP contribution in [0.4, 0.5) is 17.1 Å². The second kappa shape index (κ2) is 8.13. The molecule has 0 saturated heterocycles. The van der Waals surface area contributed by atoms with Gasteiger partial charge in [-0.1, -0.05) is 36.4 Å². The van der Waals surface area contributed by atoms with Gasteiger partial charge in [-0.2, -0.15) is 0 Å². The minimum absolute atomic E-state index is 0.219. The molecule has 30 heavy (non-hydrogen) atoms. The van der Waals surface area contributed by atoms with E-state index in [4.69, 9.17) is 10.5 Å². The third-order valence-corrected chi connectivity index (χ3v) is 4.74. The molecule has 4 rings (SSSR count). The SMILES string of the molecule is CCOC(=O)c1cccc(N/C(=C2\C(=O)Nc3ccc(N)cc32)c2ccccc2)c1. The maximum atomic E-state index is 12.9. The normalized spacial score (nSPS) is 14.0. The Labute approximate surface area is 174 Å². The molecule has 6 heteroatoms. The number of nitrogen functional groups attached to an aromatic ring is 1. The van der Waals surface area contributed by atoms with E-state index in [0.717, 1.165) is 11.1 Å². The second-order valence-electron chi connectivity index (χ2n) is 6.80. The maximum absolute atomic E-state index is 12.9. The Balaban J connectivity index is 1.84. The summed E-state index contributed by atoms with van der Waals surface area (Å²) in [4.78, 5) is 25.0. The first-order valence-corrected chi connectivity index (χ1v) is 9.62. The zero-order chi connectivity index (χ0) is 21.1. The van der Waals surface area contributed by atoms with Crippen molar-refractivity contribution in [1.82, 2.24) is 0 Å². The van der Waals surface area contributed by atoms with E-state index in [0.29, 0.717) is 40.5 Å². The van der Waals surface area contributed by atoms with Crippen molar-refractivity contribution >= 4 is 40.2 Å². The lowest BCUT2D eigenvalue weighted by atomic mass is 9.99. The van der Waals surface area contributed by atoms with Crippen LogP contribution in [0.15, 0.2) is 72.8 Å². The number of carbonyl (C=O) groups excluding carboxylic acids is 2. The molecule has 1 aliphatic heterocycles. The van der Waals surface area contributed by atoms with E-state index in [1.807, 2.05) is 36.4 Å². The minimum atomic E-state index is -0.396. The number of hydrogen-bond acceptors (Lipinski definition) is 5. The highest BCUT2D eigenvalue weighted by atomic mass is 16.5. The summed E-state index contributed by atoms with van der Waals surface area (Å²) in [7, 11) is 0. The van der Waals surface area contributed by atoms with Gasteiger partial charge in [-0.15, -0.1) is 0 Å². The van der Waals surface area contributed by atoms with Crippen molar-refractivity contribution in [3.8, 4) is 0 Å². The number of nitrogens with two attached hydrogens (primary N) is 1.